The van der Waals surface area contributed by atoms with Gasteiger partial charge in [0.05, 0.1) is 0 Å². The lowest BCUT2D eigenvalue weighted by Crippen LogP contribution is -2.43. The molecule has 1 nitrogen and oxygen atoms in total. The van der Waals surface area contributed by atoms with E-state index < -0.39 is 0 Å². The lowest BCUT2D eigenvalue weighted by atomic mass is 9.65. The van der Waals surface area contributed by atoms with Crippen LogP contribution in [0.4, 0.5) is 0 Å². The Morgan fingerprint density at radius 1 is 1.30 bits per heavy atom. The lowest BCUT2D eigenvalue weighted by molar-refractivity contribution is 0.268. The lowest BCUT2D eigenvalue weighted by Gasteiger charge is -2.41. The van der Waals surface area contributed by atoms with Gasteiger partial charge in [-0.05, 0) is 55.6 Å². The molecule has 1 saturated carbocycles. The smallest absolute Gasteiger partial charge is 0.00832 e. The molecular formula is C19H29N. The van der Waals surface area contributed by atoms with Gasteiger partial charge >= 0.3 is 0 Å². The molecule has 2 atom stereocenters. The molecule has 3 rings (SSSR count). The summed E-state index contributed by atoms with van der Waals surface area (Å²) in [5.41, 5.74) is 3.66. The monoisotopic (exact) mass is 271 g/mol. The Labute approximate surface area is 124 Å². The molecular weight excluding hydrogens is 242 g/mol. The Kier molecular flexibility index (Phi) is 4.16. The van der Waals surface area contributed by atoms with Gasteiger partial charge in [-0.3, -0.25) is 0 Å². The van der Waals surface area contributed by atoms with Gasteiger partial charge in [0.15, 0.2) is 0 Å². The molecule has 1 aromatic rings. The normalized spacial score (nSPS) is 27.1. The highest BCUT2D eigenvalue weighted by Crippen LogP contribution is 2.42. The minimum atomic E-state index is 0.396. The third-order valence-corrected chi connectivity index (χ3v) is 5.43. The number of hydrogen-bond acceptors (Lipinski definition) is 1. The first-order valence-electron chi connectivity index (χ1n) is 8.55. The van der Waals surface area contributed by atoms with Gasteiger partial charge in [0.1, 0.15) is 0 Å². The summed E-state index contributed by atoms with van der Waals surface area (Å²) < 4.78 is 0. The first-order chi connectivity index (χ1) is 9.73. The van der Waals surface area contributed by atoms with Crippen LogP contribution in [0.1, 0.15) is 63.5 Å². The quantitative estimate of drug-likeness (QED) is 0.806. The molecule has 20 heavy (non-hydrogen) atoms. The van der Waals surface area contributed by atoms with Gasteiger partial charge in [-0.1, -0.05) is 44.5 Å². The second-order valence-electron chi connectivity index (χ2n) is 7.16. The predicted molar refractivity (Wildman–Crippen MR) is 86.2 cm³/mol. The number of aryl methyl sites for hydroxylation is 1. The number of rotatable bonds is 6. The molecule has 0 amide bonds. The maximum Gasteiger partial charge on any atom is 0.00832 e. The zero-order valence-electron chi connectivity index (χ0n) is 13.1. The summed E-state index contributed by atoms with van der Waals surface area (Å²) in [5, 5.41) is 3.84. The van der Waals surface area contributed by atoms with Crippen LogP contribution in [0, 0.1) is 5.92 Å². The van der Waals surface area contributed by atoms with Gasteiger partial charge in [-0.15, -0.1) is 0 Å². The molecule has 110 valence electrons. The van der Waals surface area contributed by atoms with Gasteiger partial charge in [0.25, 0.3) is 0 Å². The standard InChI is InChI=1S/C19H29N/c1-3-15(2)13-19(14-20-17-10-11-17)12-6-8-16-7-4-5-9-18(16)19/h4-5,7,9,15,17,20H,3,6,8,10-14H2,1-2H3. The Hall–Kier alpha value is -0.820. The topological polar surface area (TPSA) is 12.0 Å². The number of hydrogen-bond donors (Lipinski definition) is 1. The van der Waals surface area contributed by atoms with E-state index in [4.69, 9.17) is 0 Å². The zero-order chi connectivity index (χ0) is 14.0. The van der Waals surface area contributed by atoms with Crippen molar-refractivity contribution >= 4 is 0 Å². The van der Waals surface area contributed by atoms with Gasteiger partial charge in [-0.25, -0.2) is 0 Å². The van der Waals surface area contributed by atoms with Crippen molar-refractivity contribution in [2.24, 2.45) is 5.92 Å². The fourth-order valence-electron chi connectivity index (χ4n) is 3.91. The zero-order valence-corrected chi connectivity index (χ0v) is 13.1. The van der Waals surface area contributed by atoms with E-state index in [0.29, 0.717) is 5.41 Å². The van der Waals surface area contributed by atoms with E-state index in [2.05, 4.69) is 43.4 Å². The number of fused-ring (bicyclic) bond motifs is 1. The molecule has 0 aromatic heterocycles. The van der Waals surface area contributed by atoms with Crippen LogP contribution in [0.3, 0.4) is 0 Å². The second-order valence-corrected chi connectivity index (χ2v) is 7.16. The molecule has 2 unspecified atom stereocenters. The average Bonchev–Trinajstić information content (AvgIpc) is 3.30. The van der Waals surface area contributed by atoms with Gasteiger partial charge in [0.2, 0.25) is 0 Å². The molecule has 1 fully saturated rings. The molecule has 0 spiro atoms. The molecule has 0 heterocycles. The first kappa shape index (κ1) is 14.1. The molecule has 0 radical (unpaired) electrons. The predicted octanol–water partition coefficient (Wildman–Crippen LogP) is 4.45. The van der Waals surface area contributed by atoms with Gasteiger partial charge < -0.3 is 5.32 Å². The van der Waals surface area contributed by atoms with Crippen LogP contribution in [0.15, 0.2) is 24.3 Å². The van der Waals surface area contributed by atoms with E-state index in [-0.39, 0.29) is 0 Å². The van der Waals surface area contributed by atoms with E-state index in [1.54, 1.807) is 11.1 Å². The summed E-state index contributed by atoms with van der Waals surface area (Å²) in [4.78, 5) is 0. The minimum absolute atomic E-state index is 0.396. The molecule has 2 aliphatic rings. The van der Waals surface area contributed by atoms with Gasteiger partial charge in [0, 0.05) is 18.0 Å². The Bertz CT molecular complexity index is 449. The van der Waals surface area contributed by atoms with Gasteiger partial charge in [-0.2, -0.15) is 0 Å². The van der Waals surface area contributed by atoms with Crippen LogP contribution in [0.5, 0.6) is 0 Å². The highest BCUT2D eigenvalue weighted by atomic mass is 15.0. The van der Waals surface area contributed by atoms with Crippen molar-refractivity contribution in [2.75, 3.05) is 6.54 Å². The van der Waals surface area contributed by atoms with Crippen molar-refractivity contribution in [1.29, 1.82) is 0 Å². The maximum atomic E-state index is 3.84. The van der Waals surface area contributed by atoms with Crippen molar-refractivity contribution < 1.29 is 0 Å². The van der Waals surface area contributed by atoms with Crippen LogP contribution in [0.25, 0.3) is 0 Å². The molecule has 1 N–H and O–H groups in total. The summed E-state index contributed by atoms with van der Waals surface area (Å²) in [5.74, 6) is 0.821. The Balaban J connectivity index is 1.87. The summed E-state index contributed by atoms with van der Waals surface area (Å²) >= 11 is 0. The number of benzene rings is 1. The van der Waals surface area contributed by atoms with E-state index in [1.165, 1.54) is 51.5 Å². The minimum Gasteiger partial charge on any atom is -0.313 e. The summed E-state index contributed by atoms with van der Waals surface area (Å²) in [6.45, 7) is 5.95. The molecule has 0 aliphatic heterocycles. The first-order valence-corrected chi connectivity index (χ1v) is 8.55. The largest absolute Gasteiger partial charge is 0.313 e. The number of nitrogens with one attached hydrogen (secondary N) is 1. The van der Waals surface area contributed by atoms with Crippen LogP contribution in [0.2, 0.25) is 0 Å². The van der Waals surface area contributed by atoms with E-state index in [1.807, 2.05) is 0 Å². The van der Waals surface area contributed by atoms with Crippen LogP contribution >= 0.6 is 0 Å². The van der Waals surface area contributed by atoms with E-state index in [0.717, 1.165) is 12.0 Å². The summed E-state index contributed by atoms with van der Waals surface area (Å²) in [6, 6.07) is 10.0. The molecule has 1 heteroatoms. The van der Waals surface area contributed by atoms with Crippen molar-refractivity contribution in [3.8, 4) is 0 Å². The third-order valence-electron chi connectivity index (χ3n) is 5.43. The molecule has 2 aliphatic carbocycles. The third kappa shape index (κ3) is 2.93. The Morgan fingerprint density at radius 2 is 2.10 bits per heavy atom. The fourth-order valence-corrected chi connectivity index (χ4v) is 3.91. The van der Waals surface area contributed by atoms with Crippen LogP contribution < -0.4 is 5.32 Å². The second kappa shape index (κ2) is 5.89. The SMILES string of the molecule is CCC(C)CC1(CNC2CC2)CCCc2ccccc21. The Morgan fingerprint density at radius 3 is 2.85 bits per heavy atom. The van der Waals surface area contributed by atoms with Crippen molar-refractivity contribution in [1.82, 2.24) is 5.32 Å². The summed E-state index contributed by atoms with van der Waals surface area (Å²) in [6.07, 6.45) is 9.44. The molecule has 1 aromatic carbocycles. The van der Waals surface area contributed by atoms with Crippen molar-refractivity contribution in [2.45, 2.75) is 70.3 Å². The maximum absolute atomic E-state index is 3.84. The van der Waals surface area contributed by atoms with Crippen LogP contribution in [-0.4, -0.2) is 12.6 Å². The fraction of sp³-hybridized carbons (Fsp3) is 0.684. The average molecular weight is 271 g/mol. The summed E-state index contributed by atoms with van der Waals surface area (Å²) in [7, 11) is 0. The highest BCUT2D eigenvalue weighted by Gasteiger charge is 2.38. The molecule has 0 bridgehead atoms. The molecule has 0 saturated heterocycles. The van der Waals surface area contributed by atoms with E-state index >= 15 is 0 Å². The van der Waals surface area contributed by atoms with E-state index in [9.17, 15) is 0 Å². The van der Waals surface area contributed by atoms with Crippen LogP contribution in [-0.2, 0) is 11.8 Å². The van der Waals surface area contributed by atoms with Crippen molar-refractivity contribution in [3.63, 3.8) is 0 Å². The van der Waals surface area contributed by atoms with Crippen molar-refractivity contribution in [3.05, 3.63) is 35.4 Å². The highest BCUT2D eigenvalue weighted by molar-refractivity contribution is 5.37.